The van der Waals surface area contributed by atoms with Crippen molar-refractivity contribution in [1.82, 2.24) is 19.7 Å². The lowest BCUT2D eigenvalue weighted by Crippen LogP contribution is -2.52. The fraction of sp³-hybridized carbons (Fsp3) is 0.412. The molecule has 3 aliphatic heterocycles. The summed E-state index contributed by atoms with van der Waals surface area (Å²) in [6, 6.07) is 13.4. The molecule has 2 saturated heterocycles. The van der Waals surface area contributed by atoms with Crippen molar-refractivity contribution < 1.29 is 27.6 Å². The number of piperazine rings is 1. The number of urea groups is 1. The first-order chi connectivity index (χ1) is 23.0. The van der Waals surface area contributed by atoms with Gasteiger partial charge < -0.3 is 30.7 Å². The molecule has 1 unspecified atom stereocenters. The maximum absolute atomic E-state index is 14.0. The number of halogens is 4. The van der Waals surface area contributed by atoms with E-state index in [2.05, 4.69) is 15.2 Å². The van der Waals surface area contributed by atoms with Crippen molar-refractivity contribution in [3.8, 4) is 0 Å². The molecular formula is C34H37ClF3N7O3. The maximum Gasteiger partial charge on any atom is 0.418 e. The van der Waals surface area contributed by atoms with Crippen LogP contribution >= 0.6 is 11.6 Å². The van der Waals surface area contributed by atoms with E-state index < -0.39 is 23.3 Å². The van der Waals surface area contributed by atoms with Gasteiger partial charge in [0.1, 0.15) is 0 Å². The van der Waals surface area contributed by atoms with E-state index >= 15 is 0 Å². The number of nitrogens with two attached hydrogens (primary N) is 1. The number of nitrogens with zero attached hydrogens (tertiary/aromatic N) is 5. The average Bonchev–Trinajstić information content (AvgIpc) is 3.09. The molecule has 4 heterocycles. The first kappa shape index (κ1) is 33.4. The standard InChI is InChI=1S/C34H37ClF3N7O3/c35-28-19-22(18-27(31(28)39)34(36,37)38)17-24(32(47)44-15-13-42(14-16-44)25-5-9-40-10-6-25)20-30(46)43-11-7-26(8-12-43)45-21-23-3-1-2-4-29(23)41-33(45)48/h1-6,9-10,18-19,24,26H,7-8,11-17,20-21,39H2,(H,41,48). The van der Waals surface area contributed by atoms with Gasteiger partial charge in [-0.2, -0.15) is 13.2 Å². The van der Waals surface area contributed by atoms with Crippen molar-refractivity contribution in [2.75, 3.05) is 55.2 Å². The van der Waals surface area contributed by atoms with Gasteiger partial charge >= 0.3 is 12.2 Å². The summed E-state index contributed by atoms with van der Waals surface area (Å²) >= 11 is 6.12. The predicted molar refractivity (Wildman–Crippen MR) is 176 cm³/mol. The molecule has 0 radical (unpaired) electrons. The van der Waals surface area contributed by atoms with Crippen molar-refractivity contribution in [2.45, 2.75) is 44.4 Å². The fourth-order valence-corrected chi connectivity index (χ4v) is 7.08. The fourth-order valence-electron chi connectivity index (χ4n) is 6.84. The van der Waals surface area contributed by atoms with Crippen molar-refractivity contribution >= 4 is 46.5 Å². The Balaban J connectivity index is 1.14. The third kappa shape index (κ3) is 7.30. The molecule has 6 rings (SSSR count). The highest BCUT2D eigenvalue weighted by Gasteiger charge is 2.37. The Morgan fingerprint density at radius 1 is 0.979 bits per heavy atom. The van der Waals surface area contributed by atoms with Gasteiger partial charge in [-0.1, -0.05) is 29.8 Å². The van der Waals surface area contributed by atoms with Crippen molar-refractivity contribution in [1.29, 1.82) is 0 Å². The van der Waals surface area contributed by atoms with E-state index in [-0.39, 0.29) is 47.3 Å². The van der Waals surface area contributed by atoms with Crippen LogP contribution in [0.5, 0.6) is 0 Å². The summed E-state index contributed by atoms with van der Waals surface area (Å²) in [5, 5.41) is 2.68. The first-order valence-electron chi connectivity index (χ1n) is 16.0. The molecule has 1 atom stereocenters. The Kier molecular flexibility index (Phi) is 9.68. The monoisotopic (exact) mass is 683 g/mol. The van der Waals surface area contributed by atoms with Gasteiger partial charge in [0.25, 0.3) is 0 Å². The number of amides is 4. The van der Waals surface area contributed by atoms with Crippen LogP contribution in [0.15, 0.2) is 60.9 Å². The minimum atomic E-state index is -4.74. The van der Waals surface area contributed by atoms with Crippen LogP contribution in [0.4, 0.5) is 35.0 Å². The van der Waals surface area contributed by atoms with Gasteiger partial charge in [-0.25, -0.2) is 4.79 Å². The largest absolute Gasteiger partial charge is 0.418 e. The number of alkyl halides is 3. The van der Waals surface area contributed by atoms with E-state index in [4.69, 9.17) is 17.3 Å². The minimum absolute atomic E-state index is 0.0609. The van der Waals surface area contributed by atoms with Crippen LogP contribution in [0.2, 0.25) is 5.02 Å². The average molecular weight is 684 g/mol. The third-order valence-corrected chi connectivity index (χ3v) is 9.80. The second kappa shape index (κ2) is 13.9. The number of aromatic nitrogens is 1. The van der Waals surface area contributed by atoms with Crippen LogP contribution < -0.4 is 16.0 Å². The Morgan fingerprint density at radius 3 is 2.35 bits per heavy atom. The zero-order valence-corrected chi connectivity index (χ0v) is 27.0. The maximum atomic E-state index is 14.0. The lowest BCUT2D eigenvalue weighted by atomic mass is 9.91. The number of carbonyl (C=O) groups excluding carboxylic acids is 3. The highest BCUT2D eigenvalue weighted by Crippen LogP contribution is 2.38. The second-order valence-electron chi connectivity index (χ2n) is 12.5. The number of nitrogen functional groups attached to an aromatic ring is 1. The molecule has 2 fully saturated rings. The summed E-state index contributed by atoms with van der Waals surface area (Å²) in [6.45, 7) is 3.19. The molecule has 3 N–H and O–H groups in total. The number of anilines is 3. The molecule has 4 amide bonds. The summed E-state index contributed by atoms with van der Waals surface area (Å²) < 4.78 is 41.3. The molecule has 14 heteroatoms. The van der Waals surface area contributed by atoms with Crippen molar-refractivity contribution in [2.24, 2.45) is 5.92 Å². The summed E-state index contributed by atoms with van der Waals surface area (Å²) in [5.41, 5.74) is 6.99. The third-order valence-electron chi connectivity index (χ3n) is 9.48. The number of piperidine rings is 1. The van der Waals surface area contributed by atoms with Crippen LogP contribution in [0.25, 0.3) is 0 Å². The number of hydrogen-bond acceptors (Lipinski definition) is 6. The number of fused-ring (bicyclic) bond motifs is 1. The minimum Gasteiger partial charge on any atom is -0.397 e. The number of hydrogen-bond donors (Lipinski definition) is 2. The molecule has 0 bridgehead atoms. The molecule has 0 aliphatic carbocycles. The molecule has 10 nitrogen and oxygen atoms in total. The van der Waals surface area contributed by atoms with Crippen LogP contribution in [0.1, 0.15) is 36.0 Å². The zero-order valence-electron chi connectivity index (χ0n) is 26.3. The molecule has 0 spiro atoms. The molecule has 3 aliphatic rings. The number of pyridine rings is 1. The number of para-hydroxylation sites is 1. The molecule has 3 aromatic rings. The van der Waals surface area contributed by atoms with E-state index in [1.165, 1.54) is 6.07 Å². The Labute approximate surface area is 281 Å². The number of rotatable bonds is 7. The van der Waals surface area contributed by atoms with Crippen LogP contribution in [-0.2, 0) is 28.7 Å². The quantitative estimate of drug-likeness (QED) is 0.328. The lowest BCUT2D eigenvalue weighted by Gasteiger charge is -2.41. The van der Waals surface area contributed by atoms with E-state index in [1.54, 1.807) is 27.1 Å². The van der Waals surface area contributed by atoms with E-state index in [0.29, 0.717) is 58.7 Å². The highest BCUT2D eigenvalue weighted by atomic mass is 35.5. The number of carbonyl (C=O) groups is 3. The topological polar surface area (TPSA) is 115 Å². The lowest BCUT2D eigenvalue weighted by molar-refractivity contribution is -0.142. The Hall–Kier alpha value is -4.52. The Morgan fingerprint density at radius 2 is 1.67 bits per heavy atom. The number of nitrogens with one attached hydrogen (secondary N) is 1. The van der Waals surface area contributed by atoms with Gasteiger partial charge in [0.05, 0.1) is 22.2 Å². The summed E-state index contributed by atoms with van der Waals surface area (Å²) in [6.07, 6.45) is -0.481. The van der Waals surface area contributed by atoms with Crippen molar-refractivity contribution in [3.05, 3.63) is 82.6 Å². The van der Waals surface area contributed by atoms with Gasteiger partial charge in [-0.05, 0) is 60.7 Å². The Bertz CT molecular complexity index is 1660. The first-order valence-corrected chi connectivity index (χ1v) is 16.4. The molecule has 254 valence electrons. The molecular weight excluding hydrogens is 647 g/mol. The zero-order chi connectivity index (χ0) is 34.0. The summed E-state index contributed by atoms with van der Waals surface area (Å²) in [5.74, 6) is -1.46. The SMILES string of the molecule is Nc1c(Cl)cc(CC(CC(=O)N2CCC(N3Cc4ccccc4NC3=O)CC2)C(=O)N2CCN(c3ccncc3)CC2)cc1C(F)(F)F. The van der Waals surface area contributed by atoms with Gasteiger partial charge in [0.15, 0.2) is 0 Å². The summed E-state index contributed by atoms with van der Waals surface area (Å²) in [7, 11) is 0. The van der Waals surface area contributed by atoms with Crippen LogP contribution in [0.3, 0.4) is 0 Å². The van der Waals surface area contributed by atoms with Gasteiger partial charge in [0.2, 0.25) is 11.8 Å². The molecule has 48 heavy (non-hydrogen) atoms. The normalized spacial score (nSPS) is 18.0. The van der Waals surface area contributed by atoms with Crippen molar-refractivity contribution in [3.63, 3.8) is 0 Å². The van der Waals surface area contributed by atoms with E-state index in [0.717, 1.165) is 23.0 Å². The van der Waals surface area contributed by atoms with Gasteiger partial charge in [-0.15, -0.1) is 0 Å². The van der Waals surface area contributed by atoms with Crippen LogP contribution in [0, 0.1) is 5.92 Å². The molecule has 2 aromatic carbocycles. The van der Waals surface area contributed by atoms with Crippen LogP contribution in [-0.4, -0.2) is 82.8 Å². The van der Waals surface area contributed by atoms with Gasteiger partial charge in [-0.3, -0.25) is 14.6 Å². The molecule has 1 aromatic heterocycles. The number of benzene rings is 2. The smallest absolute Gasteiger partial charge is 0.397 e. The van der Waals surface area contributed by atoms with Gasteiger partial charge in [0, 0.05) is 82.0 Å². The molecule has 0 saturated carbocycles. The van der Waals surface area contributed by atoms with E-state index in [9.17, 15) is 27.6 Å². The summed E-state index contributed by atoms with van der Waals surface area (Å²) in [4.78, 5) is 51.9. The highest BCUT2D eigenvalue weighted by molar-refractivity contribution is 6.33. The second-order valence-corrected chi connectivity index (χ2v) is 12.9. The van der Waals surface area contributed by atoms with E-state index in [1.807, 2.05) is 36.4 Å². The predicted octanol–water partition coefficient (Wildman–Crippen LogP) is 5.27. The number of likely N-dealkylation sites (tertiary alicyclic amines) is 1.